The summed E-state index contributed by atoms with van der Waals surface area (Å²) in [7, 11) is 0. The van der Waals surface area contributed by atoms with Gasteiger partial charge in [0, 0.05) is 11.4 Å². The number of halogens is 2. The van der Waals surface area contributed by atoms with Crippen LogP contribution in [0.3, 0.4) is 0 Å². The van der Waals surface area contributed by atoms with Crippen molar-refractivity contribution in [2.75, 3.05) is 0 Å². The summed E-state index contributed by atoms with van der Waals surface area (Å²) in [5, 5.41) is 2.85. The van der Waals surface area contributed by atoms with Crippen LogP contribution in [0.15, 0.2) is 21.2 Å². The largest absolute Gasteiger partial charge is 0.444 e. The van der Waals surface area contributed by atoms with Crippen molar-refractivity contribution < 1.29 is 9.21 Å². The maximum atomic E-state index is 11.6. The van der Waals surface area contributed by atoms with Crippen molar-refractivity contribution in [2.45, 2.75) is 31.7 Å². The molecule has 0 aliphatic heterocycles. The lowest BCUT2D eigenvalue weighted by molar-refractivity contribution is 0.0909. The van der Waals surface area contributed by atoms with E-state index in [0.717, 1.165) is 6.42 Å². The lowest BCUT2D eigenvalue weighted by atomic mass is 10.2. The Hall–Kier alpha value is -0.480. The van der Waals surface area contributed by atoms with Crippen molar-refractivity contribution in [3.8, 4) is 0 Å². The van der Waals surface area contributed by atoms with E-state index in [0.29, 0.717) is 10.4 Å². The molecule has 1 heterocycles. The third-order valence-corrected chi connectivity index (χ3v) is 2.46. The molecule has 0 aromatic carbocycles. The van der Waals surface area contributed by atoms with Crippen molar-refractivity contribution in [3.05, 3.63) is 22.6 Å². The second-order valence-electron chi connectivity index (χ2n) is 3.49. The van der Waals surface area contributed by atoms with Gasteiger partial charge >= 0.3 is 0 Å². The van der Waals surface area contributed by atoms with Gasteiger partial charge in [-0.05, 0) is 48.3 Å². The Labute approximate surface area is 102 Å². The smallest absolute Gasteiger partial charge is 0.287 e. The summed E-state index contributed by atoms with van der Waals surface area (Å²) in [5.74, 6) is 0.0847. The van der Waals surface area contributed by atoms with Gasteiger partial charge in [0.1, 0.15) is 0 Å². The molecule has 2 atom stereocenters. The Morgan fingerprint density at radius 1 is 1.60 bits per heavy atom. The molecule has 0 radical (unpaired) electrons. The highest BCUT2D eigenvalue weighted by Crippen LogP contribution is 2.14. The van der Waals surface area contributed by atoms with E-state index in [9.17, 15) is 4.79 Å². The monoisotopic (exact) mass is 293 g/mol. The fourth-order valence-corrected chi connectivity index (χ4v) is 1.85. The molecule has 0 bridgehead atoms. The van der Waals surface area contributed by atoms with Crippen LogP contribution in [0.4, 0.5) is 0 Å². The summed E-state index contributed by atoms with van der Waals surface area (Å²) in [6.07, 6.45) is 0.731. The highest BCUT2D eigenvalue weighted by atomic mass is 79.9. The molecule has 0 saturated heterocycles. The van der Waals surface area contributed by atoms with E-state index in [1.54, 1.807) is 12.1 Å². The lowest BCUT2D eigenvalue weighted by Crippen LogP contribution is -2.33. The Morgan fingerprint density at radius 3 is 2.73 bits per heavy atom. The van der Waals surface area contributed by atoms with Gasteiger partial charge in [-0.3, -0.25) is 4.79 Å². The van der Waals surface area contributed by atoms with Gasteiger partial charge in [0.25, 0.3) is 5.91 Å². The first-order valence-electron chi connectivity index (χ1n) is 4.69. The zero-order chi connectivity index (χ0) is 11.4. The minimum Gasteiger partial charge on any atom is -0.444 e. The number of amides is 1. The molecule has 1 aromatic heterocycles. The molecule has 0 spiro atoms. The van der Waals surface area contributed by atoms with Gasteiger partial charge in [-0.1, -0.05) is 0 Å². The van der Waals surface area contributed by atoms with Crippen molar-refractivity contribution in [3.63, 3.8) is 0 Å². The van der Waals surface area contributed by atoms with Crippen LogP contribution >= 0.6 is 27.5 Å². The summed E-state index contributed by atoms with van der Waals surface area (Å²) in [6.45, 7) is 3.81. The number of hydrogen-bond acceptors (Lipinski definition) is 2. The second-order valence-corrected chi connectivity index (χ2v) is 5.02. The molecule has 1 N–H and O–H groups in total. The molecule has 0 saturated carbocycles. The first kappa shape index (κ1) is 12.6. The summed E-state index contributed by atoms with van der Waals surface area (Å²) >= 11 is 8.96. The molecule has 1 aromatic rings. The molecule has 84 valence electrons. The quantitative estimate of drug-likeness (QED) is 0.867. The van der Waals surface area contributed by atoms with Crippen molar-refractivity contribution in [1.82, 2.24) is 5.32 Å². The number of carbonyl (C=O) groups excluding carboxylic acids is 1. The van der Waals surface area contributed by atoms with Gasteiger partial charge in [-0.25, -0.2) is 0 Å². The molecular weight excluding hydrogens is 281 g/mol. The molecule has 0 aliphatic rings. The van der Waals surface area contributed by atoms with Crippen LogP contribution in [-0.4, -0.2) is 17.3 Å². The van der Waals surface area contributed by atoms with Gasteiger partial charge in [-0.15, -0.1) is 11.6 Å². The number of hydrogen-bond donors (Lipinski definition) is 1. The predicted molar refractivity (Wildman–Crippen MR) is 63.3 cm³/mol. The average Bonchev–Trinajstić information content (AvgIpc) is 2.49. The Balaban J connectivity index is 2.49. The fraction of sp³-hybridized carbons (Fsp3) is 0.500. The molecule has 15 heavy (non-hydrogen) atoms. The number of nitrogens with one attached hydrogen (secondary N) is 1. The predicted octanol–water partition coefficient (Wildman–Crippen LogP) is 3.18. The Morgan fingerprint density at radius 2 is 2.27 bits per heavy atom. The van der Waals surface area contributed by atoms with Crippen LogP contribution in [0.25, 0.3) is 0 Å². The average molecular weight is 295 g/mol. The first-order chi connectivity index (χ1) is 6.99. The summed E-state index contributed by atoms with van der Waals surface area (Å²) in [4.78, 5) is 11.6. The van der Waals surface area contributed by atoms with E-state index in [2.05, 4.69) is 21.2 Å². The third kappa shape index (κ3) is 4.26. The van der Waals surface area contributed by atoms with E-state index >= 15 is 0 Å². The molecule has 5 heteroatoms. The maximum Gasteiger partial charge on any atom is 0.287 e. The van der Waals surface area contributed by atoms with Gasteiger partial charge in [-0.2, -0.15) is 0 Å². The Kier molecular flexibility index (Phi) is 4.67. The third-order valence-electron chi connectivity index (χ3n) is 1.85. The number of furan rings is 1. The molecule has 0 fully saturated rings. The van der Waals surface area contributed by atoms with Gasteiger partial charge < -0.3 is 9.73 Å². The topological polar surface area (TPSA) is 42.2 Å². The summed E-state index contributed by atoms with van der Waals surface area (Å²) in [6, 6.07) is 3.34. The van der Waals surface area contributed by atoms with Crippen LogP contribution in [0.2, 0.25) is 0 Å². The molecule has 2 unspecified atom stereocenters. The Bertz CT molecular complexity index is 338. The molecule has 3 nitrogen and oxygen atoms in total. The minimum absolute atomic E-state index is 0.0360. The van der Waals surface area contributed by atoms with Gasteiger partial charge in [0.05, 0.1) is 0 Å². The molecule has 0 aliphatic carbocycles. The molecular formula is C10H13BrClNO2. The summed E-state index contributed by atoms with van der Waals surface area (Å²) in [5.41, 5.74) is 0. The normalized spacial score (nSPS) is 14.7. The lowest BCUT2D eigenvalue weighted by Gasteiger charge is -2.13. The van der Waals surface area contributed by atoms with Gasteiger partial charge in [0.15, 0.2) is 10.4 Å². The number of rotatable bonds is 4. The van der Waals surface area contributed by atoms with Crippen LogP contribution in [0.5, 0.6) is 0 Å². The number of alkyl halides is 1. The fourth-order valence-electron chi connectivity index (χ4n) is 1.28. The van der Waals surface area contributed by atoms with Crippen LogP contribution in [0.1, 0.15) is 30.8 Å². The molecule has 1 rings (SSSR count). The van der Waals surface area contributed by atoms with Crippen LogP contribution < -0.4 is 5.32 Å². The van der Waals surface area contributed by atoms with Crippen LogP contribution in [0, 0.1) is 0 Å². The molecule has 1 amide bonds. The van der Waals surface area contributed by atoms with Crippen molar-refractivity contribution in [1.29, 1.82) is 0 Å². The zero-order valence-electron chi connectivity index (χ0n) is 8.59. The second kappa shape index (κ2) is 5.56. The van der Waals surface area contributed by atoms with Crippen LogP contribution in [-0.2, 0) is 0 Å². The van der Waals surface area contributed by atoms with Crippen molar-refractivity contribution >= 4 is 33.4 Å². The zero-order valence-corrected chi connectivity index (χ0v) is 10.9. The van der Waals surface area contributed by atoms with E-state index in [-0.39, 0.29) is 17.3 Å². The van der Waals surface area contributed by atoms with E-state index in [4.69, 9.17) is 16.0 Å². The van der Waals surface area contributed by atoms with Crippen molar-refractivity contribution in [2.24, 2.45) is 0 Å². The van der Waals surface area contributed by atoms with Gasteiger partial charge in [0.2, 0.25) is 0 Å². The standard InChI is InChI=1S/C10H13BrClNO2/c1-6(12)5-7(2)13-10(14)8-3-4-9(11)15-8/h3-4,6-7H,5H2,1-2H3,(H,13,14). The summed E-state index contributed by atoms with van der Waals surface area (Å²) < 4.78 is 5.67. The van der Waals surface area contributed by atoms with E-state index in [1.807, 2.05) is 13.8 Å². The van der Waals surface area contributed by atoms with E-state index in [1.165, 1.54) is 0 Å². The minimum atomic E-state index is -0.217. The maximum absolute atomic E-state index is 11.6. The number of carbonyl (C=O) groups is 1. The van der Waals surface area contributed by atoms with E-state index < -0.39 is 0 Å². The highest BCUT2D eigenvalue weighted by molar-refractivity contribution is 9.10. The first-order valence-corrected chi connectivity index (χ1v) is 5.92. The SMILES string of the molecule is CC(Cl)CC(C)NC(=O)c1ccc(Br)o1. The highest BCUT2D eigenvalue weighted by Gasteiger charge is 2.14.